The van der Waals surface area contributed by atoms with Crippen molar-refractivity contribution in [2.45, 2.75) is 0 Å². The van der Waals surface area contributed by atoms with Gasteiger partial charge in [0.2, 0.25) is 0 Å². The van der Waals surface area contributed by atoms with Gasteiger partial charge in [-0.1, -0.05) is 178 Å². The number of rotatable bonds is 10. The molecule has 67 heavy (non-hydrogen) atoms. The topological polar surface area (TPSA) is 38.7 Å². The quantitative estimate of drug-likeness (QED) is 0.128. The molecule has 0 spiro atoms. The molecule has 0 unspecified atom stereocenters. The van der Waals surface area contributed by atoms with E-state index >= 15 is 0 Å². The maximum Gasteiger partial charge on any atom is 3.00 e. The van der Waals surface area contributed by atoms with Gasteiger partial charge in [0.1, 0.15) is 0 Å². The van der Waals surface area contributed by atoms with Crippen molar-refractivity contribution in [3.63, 3.8) is 0 Å². The zero-order valence-electron chi connectivity index (χ0n) is 36.3. The Morgan fingerprint density at radius 2 is 0.612 bits per heavy atom. The van der Waals surface area contributed by atoms with Gasteiger partial charge in [-0.05, 0) is 92.4 Å². The fraction of sp³-hybridized carbons (Fsp3) is 0. The summed E-state index contributed by atoms with van der Waals surface area (Å²) in [4.78, 5) is 13.8. The van der Waals surface area contributed by atoms with E-state index in [1.54, 1.807) is 0 Å². The first-order valence-corrected chi connectivity index (χ1v) is 22.1. The molecule has 0 atom stereocenters. The monoisotopic (exact) mass is 1030 g/mol. The Kier molecular flexibility index (Phi) is 12.5. The Balaban J connectivity index is 0.00000525. The normalized spacial score (nSPS) is 10.9. The van der Waals surface area contributed by atoms with E-state index in [1.165, 1.54) is 0 Å². The van der Waals surface area contributed by atoms with E-state index in [0.29, 0.717) is 0 Å². The van der Waals surface area contributed by atoms with Gasteiger partial charge in [-0.2, -0.15) is 0 Å². The van der Waals surface area contributed by atoms with Crippen molar-refractivity contribution in [1.82, 2.24) is 15.0 Å². The zero-order chi connectivity index (χ0) is 44.1. The van der Waals surface area contributed by atoms with Gasteiger partial charge in [0.25, 0.3) is 0 Å². The second-order valence-electron chi connectivity index (χ2n) is 16.1. The molecule has 0 aliphatic carbocycles. The minimum absolute atomic E-state index is 0. The van der Waals surface area contributed by atoms with Crippen molar-refractivity contribution in [2.24, 2.45) is 0 Å². The molecule has 4 heteroatoms. The van der Waals surface area contributed by atoms with Crippen molar-refractivity contribution in [3.05, 3.63) is 261 Å². The van der Waals surface area contributed by atoms with Crippen LogP contribution >= 0.6 is 0 Å². The minimum Gasteiger partial charge on any atom is -0.305 e. The van der Waals surface area contributed by atoms with Crippen molar-refractivity contribution < 1.29 is 20.1 Å². The van der Waals surface area contributed by atoms with Crippen LogP contribution < -0.4 is 0 Å². The van der Waals surface area contributed by atoms with E-state index < -0.39 is 0 Å². The summed E-state index contributed by atoms with van der Waals surface area (Å²) in [5.41, 5.74) is 21.1. The first-order chi connectivity index (χ1) is 32.7. The smallest absolute Gasteiger partial charge is 0.305 e. The molecule has 3 heterocycles. The molecule has 0 amide bonds. The fourth-order valence-corrected chi connectivity index (χ4v) is 8.83. The summed E-state index contributed by atoms with van der Waals surface area (Å²) in [5.74, 6) is 0. The van der Waals surface area contributed by atoms with Gasteiger partial charge in [0.15, 0.2) is 0 Å². The second kappa shape index (κ2) is 19.5. The summed E-state index contributed by atoms with van der Waals surface area (Å²) in [6.07, 6.45) is 5.47. The van der Waals surface area contributed by atoms with E-state index in [-0.39, 0.29) is 20.1 Å². The largest absolute Gasteiger partial charge is 3.00 e. The molecular formula is C63H40IrN3. The minimum atomic E-state index is 0. The Hall–Kier alpha value is -8.14. The summed E-state index contributed by atoms with van der Waals surface area (Å²) in [7, 11) is 0. The molecule has 3 nitrogen and oxygen atoms in total. The molecule has 0 radical (unpaired) electrons. The number of hydrogen-bond donors (Lipinski definition) is 0. The molecule has 11 rings (SSSR count). The van der Waals surface area contributed by atoms with E-state index in [9.17, 15) is 0 Å². The number of pyridine rings is 3. The predicted octanol–water partition coefficient (Wildman–Crippen LogP) is 15.9. The van der Waals surface area contributed by atoms with Crippen LogP contribution in [0.3, 0.4) is 0 Å². The molecule has 3 aromatic heterocycles. The summed E-state index contributed by atoms with van der Waals surface area (Å²) >= 11 is 0. The van der Waals surface area contributed by atoms with Crippen LogP contribution in [0.15, 0.2) is 243 Å². The molecule has 0 aliphatic heterocycles. The van der Waals surface area contributed by atoms with Crippen LogP contribution in [0, 0.1) is 18.2 Å². The number of nitrogens with zero attached hydrogens (tertiary/aromatic N) is 3. The van der Waals surface area contributed by atoms with Gasteiger partial charge in [-0.25, -0.2) is 0 Å². The molecular weight excluding hydrogens is 991 g/mol. The van der Waals surface area contributed by atoms with Crippen LogP contribution in [-0.4, -0.2) is 15.0 Å². The van der Waals surface area contributed by atoms with Crippen LogP contribution in [0.25, 0.3) is 112 Å². The van der Waals surface area contributed by atoms with Crippen molar-refractivity contribution in [2.75, 3.05) is 0 Å². The molecule has 0 fully saturated rings. The first kappa shape index (κ1) is 42.8. The third kappa shape index (κ3) is 8.97. The molecule has 316 valence electrons. The van der Waals surface area contributed by atoms with E-state index in [1.807, 2.05) is 73.2 Å². The summed E-state index contributed by atoms with van der Waals surface area (Å²) in [6, 6.07) is 89.5. The maximum atomic E-state index is 4.68. The Morgan fingerprint density at radius 1 is 0.239 bits per heavy atom. The van der Waals surface area contributed by atoms with Crippen LogP contribution in [0.1, 0.15) is 0 Å². The molecule has 0 N–H and O–H groups in total. The van der Waals surface area contributed by atoms with Crippen LogP contribution in [0.5, 0.6) is 0 Å². The van der Waals surface area contributed by atoms with Crippen LogP contribution in [-0.2, 0) is 20.1 Å². The van der Waals surface area contributed by atoms with Crippen molar-refractivity contribution in [3.8, 4) is 112 Å². The zero-order valence-corrected chi connectivity index (χ0v) is 38.7. The van der Waals surface area contributed by atoms with Gasteiger partial charge in [-0.15, -0.1) is 83.4 Å². The van der Waals surface area contributed by atoms with Gasteiger partial charge in [0, 0.05) is 18.6 Å². The van der Waals surface area contributed by atoms with E-state index in [2.05, 4.69) is 203 Å². The molecule has 8 aromatic carbocycles. The number of benzene rings is 8. The van der Waals surface area contributed by atoms with E-state index in [4.69, 9.17) is 0 Å². The van der Waals surface area contributed by atoms with E-state index in [0.717, 1.165) is 112 Å². The van der Waals surface area contributed by atoms with Crippen molar-refractivity contribution >= 4 is 0 Å². The molecule has 0 aliphatic rings. The van der Waals surface area contributed by atoms with Gasteiger partial charge >= 0.3 is 20.1 Å². The van der Waals surface area contributed by atoms with Gasteiger partial charge in [-0.3, -0.25) is 0 Å². The van der Waals surface area contributed by atoms with Crippen LogP contribution in [0.4, 0.5) is 0 Å². The van der Waals surface area contributed by atoms with Crippen LogP contribution in [0.2, 0.25) is 0 Å². The Morgan fingerprint density at radius 3 is 1.03 bits per heavy atom. The second-order valence-corrected chi connectivity index (χ2v) is 16.1. The summed E-state index contributed by atoms with van der Waals surface area (Å²) in [5, 5.41) is 0. The van der Waals surface area contributed by atoms with Crippen molar-refractivity contribution in [1.29, 1.82) is 0 Å². The van der Waals surface area contributed by atoms with Gasteiger partial charge < -0.3 is 15.0 Å². The Labute approximate surface area is 405 Å². The number of hydrogen-bond acceptors (Lipinski definition) is 3. The maximum absolute atomic E-state index is 4.68. The average molecular weight is 1030 g/mol. The molecule has 0 saturated heterocycles. The standard InChI is InChI=1S/C63H40N3.Ir/c1-2-16-44(17-3-1)60-43-49(63-26-12-15-39-66-63)35-36-59(60)58-23-9-8-22-57(58)52-41-50(55-20-6-4-18-53(55)45-27-31-47(32-28-45)61-24-10-13-37-64-61)40-51(42-52)56-21-7-5-19-54(56)46-29-33-48(34-30-46)62-25-11-14-38-65-62;/h1-31,33,36-43H;/q-3;+3. The number of aromatic nitrogens is 3. The SMILES string of the molecule is [Ir+3].[c-]1cc(-c2ccccc2-c2cc(-c3ccccc3-c3c[c-]c(-c4ccccn4)cc3)cc(-c3ccccc3-c3c[c-]c(-c4ccccn4)cc3-c3ccccc3)c2)ccc1-c1ccccn1. The average Bonchev–Trinajstić information content (AvgIpc) is 3.41. The third-order valence-corrected chi connectivity index (χ3v) is 12.0. The summed E-state index contributed by atoms with van der Waals surface area (Å²) in [6.45, 7) is 0. The summed E-state index contributed by atoms with van der Waals surface area (Å²) < 4.78 is 0. The molecule has 0 saturated carbocycles. The third-order valence-electron chi connectivity index (χ3n) is 12.0. The predicted molar refractivity (Wildman–Crippen MR) is 271 cm³/mol. The first-order valence-electron chi connectivity index (χ1n) is 22.1. The molecule has 0 bridgehead atoms. The Bertz CT molecular complexity index is 3280. The fourth-order valence-electron chi connectivity index (χ4n) is 8.83. The molecule has 11 aromatic rings. The van der Waals surface area contributed by atoms with Gasteiger partial charge in [0.05, 0.1) is 0 Å².